The molecule has 1 saturated heterocycles. The summed E-state index contributed by atoms with van der Waals surface area (Å²) in [7, 11) is 4.08. The predicted octanol–water partition coefficient (Wildman–Crippen LogP) is 2.06. The fourth-order valence-electron chi connectivity index (χ4n) is 2.87. The van der Waals surface area contributed by atoms with Crippen LogP contribution in [0.15, 0.2) is 12.4 Å². The molecular formula is C16H24N6. The molecule has 0 bridgehead atoms. The van der Waals surface area contributed by atoms with Crippen molar-refractivity contribution in [1.29, 1.82) is 0 Å². The zero-order valence-electron chi connectivity index (χ0n) is 13.9. The number of hydrogen-bond acceptors (Lipinski definition) is 5. The van der Waals surface area contributed by atoms with Crippen molar-refractivity contribution in [1.82, 2.24) is 19.5 Å². The van der Waals surface area contributed by atoms with E-state index in [0.717, 1.165) is 48.5 Å². The molecule has 0 aliphatic carbocycles. The number of anilines is 2. The van der Waals surface area contributed by atoms with Gasteiger partial charge in [-0.1, -0.05) is 0 Å². The van der Waals surface area contributed by atoms with Gasteiger partial charge in [0, 0.05) is 50.8 Å². The molecule has 0 unspecified atom stereocenters. The highest BCUT2D eigenvalue weighted by atomic mass is 15.3. The van der Waals surface area contributed by atoms with E-state index in [2.05, 4.69) is 40.7 Å². The van der Waals surface area contributed by atoms with Gasteiger partial charge in [-0.3, -0.25) is 0 Å². The van der Waals surface area contributed by atoms with Crippen LogP contribution in [0.2, 0.25) is 0 Å². The minimum absolute atomic E-state index is 0.736. The number of imidazole rings is 1. The molecule has 118 valence electrons. The molecule has 2 aromatic heterocycles. The van der Waals surface area contributed by atoms with Crippen LogP contribution in [0.3, 0.4) is 0 Å². The fourth-order valence-corrected chi connectivity index (χ4v) is 2.87. The van der Waals surface area contributed by atoms with Gasteiger partial charge < -0.3 is 14.4 Å². The Hall–Kier alpha value is -2.11. The third kappa shape index (κ3) is 2.77. The summed E-state index contributed by atoms with van der Waals surface area (Å²) in [6.07, 6.45) is 6.26. The van der Waals surface area contributed by atoms with E-state index in [0.29, 0.717) is 0 Å². The molecule has 3 rings (SSSR count). The van der Waals surface area contributed by atoms with Gasteiger partial charge in [0.15, 0.2) is 0 Å². The predicted molar refractivity (Wildman–Crippen MR) is 88.3 cm³/mol. The molecule has 3 heterocycles. The van der Waals surface area contributed by atoms with E-state index in [1.165, 1.54) is 12.8 Å². The second-order valence-electron chi connectivity index (χ2n) is 6.06. The maximum absolute atomic E-state index is 4.83. The molecule has 1 aliphatic heterocycles. The van der Waals surface area contributed by atoms with Crippen LogP contribution in [0.1, 0.15) is 29.9 Å². The Bertz CT molecular complexity index is 657. The van der Waals surface area contributed by atoms with Crippen LogP contribution in [-0.4, -0.2) is 39.7 Å². The van der Waals surface area contributed by atoms with Crippen LogP contribution in [-0.2, 0) is 13.6 Å². The van der Waals surface area contributed by atoms with Crippen LogP contribution >= 0.6 is 0 Å². The molecule has 0 aromatic carbocycles. The number of hydrogen-bond donors (Lipinski definition) is 0. The summed E-state index contributed by atoms with van der Waals surface area (Å²) in [6.45, 7) is 7.01. The minimum atomic E-state index is 0.736. The molecule has 1 fully saturated rings. The summed E-state index contributed by atoms with van der Waals surface area (Å²) in [5.41, 5.74) is 2.19. The zero-order chi connectivity index (χ0) is 15.7. The minimum Gasteiger partial charge on any atom is -0.352 e. The summed E-state index contributed by atoms with van der Waals surface area (Å²) in [5, 5.41) is 0. The second kappa shape index (κ2) is 5.94. The molecule has 1 aliphatic rings. The van der Waals surface area contributed by atoms with Crippen molar-refractivity contribution in [3.63, 3.8) is 0 Å². The molecule has 0 amide bonds. The average Bonchev–Trinajstić information content (AvgIpc) is 3.14. The van der Waals surface area contributed by atoms with E-state index >= 15 is 0 Å². The lowest BCUT2D eigenvalue weighted by atomic mass is 10.2. The normalized spacial score (nSPS) is 14.6. The first-order valence-corrected chi connectivity index (χ1v) is 7.84. The monoisotopic (exact) mass is 300 g/mol. The van der Waals surface area contributed by atoms with E-state index in [1.54, 1.807) is 0 Å². The van der Waals surface area contributed by atoms with Crippen LogP contribution in [0.4, 0.5) is 11.8 Å². The van der Waals surface area contributed by atoms with Crippen molar-refractivity contribution < 1.29 is 0 Å². The van der Waals surface area contributed by atoms with Crippen molar-refractivity contribution in [3.8, 4) is 0 Å². The van der Waals surface area contributed by atoms with Crippen molar-refractivity contribution in [2.75, 3.05) is 29.9 Å². The summed E-state index contributed by atoms with van der Waals surface area (Å²) >= 11 is 0. The highest BCUT2D eigenvalue weighted by Gasteiger charge is 2.19. The van der Waals surface area contributed by atoms with Gasteiger partial charge in [-0.15, -0.1) is 0 Å². The largest absolute Gasteiger partial charge is 0.352 e. The van der Waals surface area contributed by atoms with Crippen molar-refractivity contribution in [2.24, 2.45) is 7.05 Å². The van der Waals surface area contributed by atoms with Crippen molar-refractivity contribution in [2.45, 2.75) is 33.2 Å². The smallest absolute Gasteiger partial charge is 0.227 e. The summed E-state index contributed by atoms with van der Waals surface area (Å²) in [6, 6.07) is 0. The number of aryl methyl sites for hydroxylation is 2. The van der Waals surface area contributed by atoms with E-state index in [4.69, 9.17) is 4.98 Å². The van der Waals surface area contributed by atoms with Crippen molar-refractivity contribution in [3.05, 3.63) is 29.5 Å². The van der Waals surface area contributed by atoms with Crippen LogP contribution < -0.4 is 9.80 Å². The number of rotatable bonds is 4. The van der Waals surface area contributed by atoms with Crippen LogP contribution in [0, 0.1) is 13.8 Å². The Kier molecular flexibility index (Phi) is 4.00. The van der Waals surface area contributed by atoms with E-state index in [9.17, 15) is 0 Å². The lowest BCUT2D eigenvalue weighted by Crippen LogP contribution is -2.25. The Labute approximate surface area is 131 Å². The maximum atomic E-state index is 4.83. The Morgan fingerprint density at radius 3 is 2.55 bits per heavy atom. The second-order valence-corrected chi connectivity index (χ2v) is 6.06. The van der Waals surface area contributed by atoms with Crippen LogP contribution in [0.25, 0.3) is 0 Å². The third-order valence-electron chi connectivity index (χ3n) is 4.40. The molecule has 0 radical (unpaired) electrons. The third-order valence-corrected chi connectivity index (χ3v) is 4.40. The van der Waals surface area contributed by atoms with Gasteiger partial charge >= 0.3 is 0 Å². The standard InChI is InChI=1S/C16H24N6/c1-12-13(2)18-16(22-8-5-6-9-22)19-15(12)21(4)11-14-17-7-10-20(14)3/h7,10H,5-6,8-9,11H2,1-4H3. The summed E-state index contributed by atoms with van der Waals surface area (Å²) in [5.74, 6) is 2.89. The molecule has 6 nitrogen and oxygen atoms in total. The van der Waals surface area contributed by atoms with Crippen molar-refractivity contribution >= 4 is 11.8 Å². The number of nitrogens with zero attached hydrogens (tertiary/aromatic N) is 6. The summed E-state index contributed by atoms with van der Waals surface area (Å²) < 4.78 is 2.04. The average molecular weight is 300 g/mol. The van der Waals surface area contributed by atoms with Gasteiger partial charge in [-0.05, 0) is 26.7 Å². The van der Waals surface area contributed by atoms with Gasteiger partial charge in [0.05, 0.1) is 6.54 Å². The van der Waals surface area contributed by atoms with Gasteiger partial charge in [0.1, 0.15) is 11.6 Å². The fraction of sp³-hybridized carbons (Fsp3) is 0.562. The molecule has 6 heteroatoms. The highest BCUT2D eigenvalue weighted by Crippen LogP contribution is 2.25. The Balaban J connectivity index is 1.89. The lowest BCUT2D eigenvalue weighted by molar-refractivity contribution is 0.749. The lowest BCUT2D eigenvalue weighted by Gasteiger charge is -2.24. The first-order valence-electron chi connectivity index (χ1n) is 7.84. The highest BCUT2D eigenvalue weighted by molar-refractivity contribution is 5.52. The zero-order valence-corrected chi connectivity index (χ0v) is 13.9. The Morgan fingerprint density at radius 2 is 1.91 bits per heavy atom. The molecular weight excluding hydrogens is 276 g/mol. The first kappa shape index (κ1) is 14.8. The van der Waals surface area contributed by atoms with Gasteiger partial charge in [-0.2, -0.15) is 4.98 Å². The molecule has 2 aromatic rings. The van der Waals surface area contributed by atoms with E-state index in [-0.39, 0.29) is 0 Å². The quantitative estimate of drug-likeness (QED) is 0.865. The van der Waals surface area contributed by atoms with E-state index in [1.807, 2.05) is 24.0 Å². The topological polar surface area (TPSA) is 50.1 Å². The first-order chi connectivity index (χ1) is 10.6. The van der Waals surface area contributed by atoms with Gasteiger partial charge in [0.25, 0.3) is 0 Å². The van der Waals surface area contributed by atoms with Crippen LogP contribution in [0.5, 0.6) is 0 Å². The van der Waals surface area contributed by atoms with Gasteiger partial charge in [-0.25, -0.2) is 9.97 Å². The maximum Gasteiger partial charge on any atom is 0.227 e. The molecule has 0 spiro atoms. The molecule has 0 atom stereocenters. The summed E-state index contributed by atoms with van der Waals surface area (Å²) in [4.78, 5) is 18.4. The van der Waals surface area contributed by atoms with Gasteiger partial charge in [0.2, 0.25) is 5.95 Å². The molecule has 0 saturated carbocycles. The molecule has 0 N–H and O–H groups in total. The SMILES string of the molecule is Cc1nc(N2CCCC2)nc(N(C)Cc2nccn2C)c1C. The number of aromatic nitrogens is 4. The van der Waals surface area contributed by atoms with E-state index < -0.39 is 0 Å². The Morgan fingerprint density at radius 1 is 1.18 bits per heavy atom. The molecule has 22 heavy (non-hydrogen) atoms.